The van der Waals surface area contributed by atoms with Crippen LogP contribution in [0.5, 0.6) is 0 Å². The van der Waals surface area contributed by atoms with Gasteiger partial charge in [-0.25, -0.2) is 0 Å². The van der Waals surface area contributed by atoms with Gasteiger partial charge in [-0.1, -0.05) is 44.2 Å². The van der Waals surface area contributed by atoms with Gasteiger partial charge >= 0.3 is 0 Å². The van der Waals surface area contributed by atoms with E-state index in [1.54, 1.807) is 21.3 Å². The molecule has 0 aliphatic rings. The maximum atomic E-state index is 5.79. The van der Waals surface area contributed by atoms with E-state index in [0.717, 1.165) is 24.9 Å². The van der Waals surface area contributed by atoms with Gasteiger partial charge in [0.1, 0.15) is 0 Å². The van der Waals surface area contributed by atoms with Crippen LogP contribution in [0.2, 0.25) is 0 Å². The van der Waals surface area contributed by atoms with E-state index >= 15 is 0 Å². The molecule has 0 bridgehead atoms. The van der Waals surface area contributed by atoms with Gasteiger partial charge in [0.25, 0.3) is 5.97 Å². The summed E-state index contributed by atoms with van der Waals surface area (Å²) in [6.07, 6.45) is 10.5. The smallest absolute Gasteiger partial charge is 0.282 e. The average Bonchev–Trinajstić information content (AvgIpc) is 2.57. The zero-order valence-electron chi connectivity index (χ0n) is 15.0. The summed E-state index contributed by atoms with van der Waals surface area (Å²) in [6, 6.07) is 8.21. The number of aryl methyl sites for hydroxylation is 1. The molecule has 0 aliphatic carbocycles. The Kier molecular flexibility index (Phi) is 9.92. The molecule has 0 saturated carbocycles. The second-order valence-corrected chi connectivity index (χ2v) is 6.02. The highest BCUT2D eigenvalue weighted by Gasteiger charge is 2.28. The molecule has 1 aromatic carbocycles. The summed E-state index contributed by atoms with van der Waals surface area (Å²) in [6.45, 7) is 0. The van der Waals surface area contributed by atoms with Crippen molar-refractivity contribution in [2.75, 3.05) is 27.1 Å². The monoisotopic (exact) mass is 323 g/mol. The first kappa shape index (κ1) is 19.9. The van der Waals surface area contributed by atoms with Gasteiger partial charge in [0, 0.05) is 33.4 Å². The Morgan fingerprint density at radius 3 is 1.96 bits per heavy atom. The van der Waals surface area contributed by atoms with E-state index in [9.17, 15) is 0 Å². The standard InChI is InChI=1S/C19H33NO3/c1-21-19(22-2,23-3)15-10-8-6-4-5-7-9-12-17-13-11-14-18(20)16-17/h11,13-14,16H,4-10,12,15,20H2,1-3H3. The summed E-state index contributed by atoms with van der Waals surface area (Å²) in [5, 5.41) is 0. The van der Waals surface area contributed by atoms with Gasteiger partial charge in [-0.05, 0) is 37.0 Å². The topological polar surface area (TPSA) is 53.7 Å². The molecule has 0 fully saturated rings. The molecule has 0 unspecified atom stereocenters. The van der Waals surface area contributed by atoms with E-state index in [4.69, 9.17) is 19.9 Å². The molecular formula is C19H33NO3. The number of nitrogens with two attached hydrogens (primary N) is 1. The van der Waals surface area contributed by atoms with Crippen molar-refractivity contribution >= 4 is 5.69 Å². The summed E-state index contributed by atoms with van der Waals surface area (Å²) in [5.74, 6) is -0.864. The fourth-order valence-electron chi connectivity index (χ4n) is 2.86. The normalized spacial score (nSPS) is 11.8. The molecular weight excluding hydrogens is 290 g/mol. The van der Waals surface area contributed by atoms with Crippen LogP contribution in [0.1, 0.15) is 56.9 Å². The lowest BCUT2D eigenvalue weighted by Crippen LogP contribution is -2.35. The number of methoxy groups -OCH3 is 3. The van der Waals surface area contributed by atoms with Crippen molar-refractivity contribution < 1.29 is 14.2 Å². The van der Waals surface area contributed by atoms with E-state index in [1.165, 1.54) is 44.1 Å². The van der Waals surface area contributed by atoms with Crippen LogP contribution >= 0.6 is 0 Å². The van der Waals surface area contributed by atoms with Crippen LogP contribution in [0.3, 0.4) is 0 Å². The molecule has 0 saturated heterocycles. The Hall–Kier alpha value is -1.10. The van der Waals surface area contributed by atoms with Crippen molar-refractivity contribution in [1.82, 2.24) is 0 Å². The first-order valence-corrected chi connectivity index (χ1v) is 8.65. The number of benzene rings is 1. The van der Waals surface area contributed by atoms with Gasteiger partial charge in [0.2, 0.25) is 0 Å². The zero-order chi connectivity index (χ0) is 17.0. The minimum atomic E-state index is -0.864. The molecule has 4 nitrogen and oxygen atoms in total. The number of rotatable bonds is 13. The van der Waals surface area contributed by atoms with Crippen molar-refractivity contribution in [1.29, 1.82) is 0 Å². The first-order chi connectivity index (χ1) is 11.2. The summed E-state index contributed by atoms with van der Waals surface area (Å²) < 4.78 is 15.9. The molecule has 132 valence electrons. The maximum absolute atomic E-state index is 5.79. The second kappa shape index (κ2) is 11.4. The molecule has 0 heterocycles. The fourth-order valence-corrected chi connectivity index (χ4v) is 2.86. The highest BCUT2D eigenvalue weighted by Crippen LogP contribution is 2.21. The molecule has 0 aliphatic heterocycles. The van der Waals surface area contributed by atoms with Crippen LogP contribution in [0.15, 0.2) is 24.3 Å². The minimum Gasteiger partial charge on any atom is -0.399 e. The van der Waals surface area contributed by atoms with Crippen molar-refractivity contribution in [2.45, 2.75) is 63.8 Å². The van der Waals surface area contributed by atoms with E-state index < -0.39 is 5.97 Å². The summed E-state index contributed by atoms with van der Waals surface area (Å²) in [4.78, 5) is 0. The largest absolute Gasteiger partial charge is 0.399 e. The number of anilines is 1. The number of hydrogen-bond acceptors (Lipinski definition) is 4. The first-order valence-electron chi connectivity index (χ1n) is 8.65. The van der Waals surface area contributed by atoms with Crippen molar-refractivity contribution in [3.8, 4) is 0 Å². The number of ether oxygens (including phenoxy) is 3. The fraction of sp³-hybridized carbons (Fsp3) is 0.684. The molecule has 23 heavy (non-hydrogen) atoms. The third kappa shape index (κ3) is 7.82. The lowest BCUT2D eigenvalue weighted by Gasteiger charge is -2.28. The van der Waals surface area contributed by atoms with E-state index in [1.807, 2.05) is 12.1 Å². The van der Waals surface area contributed by atoms with E-state index in [-0.39, 0.29) is 0 Å². The number of unbranched alkanes of at least 4 members (excludes halogenated alkanes) is 6. The van der Waals surface area contributed by atoms with Crippen LogP contribution in [-0.2, 0) is 20.6 Å². The lowest BCUT2D eigenvalue weighted by molar-refractivity contribution is -0.355. The van der Waals surface area contributed by atoms with Crippen LogP contribution in [-0.4, -0.2) is 27.3 Å². The Morgan fingerprint density at radius 1 is 0.826 bits per heavy atom. The number of nitrogen functional groups attached to an aromatic ring is 1. The molecule has 0 radical (unpaired) electrons. The average molecular weight is 323 g/mol. The van der Waals surface area contributed by atoms with Gasteiger partial charge in [-0.2, -0.15) is 0 Å². The van der Waals surface area contributed by atoms with Gasteiger partial charge in [-0.3, -0.25) is 0 Å². The van der Waals surface area contributed by atoms with Gasteiger partial charge in [0.05, 0.1) is 0 Å². The van der Waals surface area contributed by atoms with Crippen molar-refractivity contribution in [3.05, 3.63) is 29.8 Å². The van der Waals surface area contributed by atoms with Gasteiger partial charge in [-0.15, -0.1) is 0 Å². The quantitative estimate of drug-likeness (QED) is 0.329. The predicted molar refractivity (Wildman–Crippen MR) is 95.3 cm³/mol. The summed E-state index contributed by atoms with van der Waals surface area (Å²) >= 11 is 0. The molecule has 2 N–H and O–H groups in total. The van der Waals surface area contributed by atoms with E-state index in [0.29, 0.717) is 0 Å². The molecule has 1 aromatic rings. The van der Waals surface area contributed by atoms with Crippen molar-refractivity contribution in [3.63, 3.8) is 0 Å². The Bertz CT molecular complexity index is 411. The lowest BCUT2D eigenvalue weighted by atomic mass is 10.0. The highest BCUT2D eigenvalue weighted by molar-refractivity contribution is 5.40. The Balaban J connectivity index is 1.99. The molecule has 1 rings (SSSR count). The zero-order valence-corrected chi connectivity index (χ0v) is 15.0. The third-order valence-electron chi connectivity index (χ3n) is 4.33. The second-order valence-electron chi connectivity index (χ2n) is 6.02. The predicted octanol–water partition coefficient (Wildman–Crippen LogP) is 4.53. The van der Waals surface area contributed by atoms with Gasteiger partial charge < -0.3 is 19.9 Å². The number of hydrogen-bond donors (Lipinski definition) is 1. The van der Waals surface area contributed by atoms with Crippen molar-refractivity contribution in [2.24, 2.45) is 0 Å². The molecule has 0 aromatic heterocycles. The maximum Gasteiger partial charge on any atom is 0.282 e. The molecule has 4 heteroatoms. The highest BCUT2D eigenvalue weighted by atomic mass is 16.9. The SMILES string of the molecule is COC(CCCCCCCCCc1cccc(N)c1)(OC)OC. The molecule has 0 atom stereocenters. The van der Waals surface area contributed by atoms with Crippen LogP contribution in [0.4, 0.5) is 5.69 Å². The van der Waals surface area contributed by atoms with E-state index in [2.05, 4.69) is 12.1 Å². The Labute approximate surface area is 141 Å². The molecule has 0 spiro atoms. The van der Waals surface area contributed by atoms with Crippen LogP contribution < -0.4 is 5.73 Å². The van der Waals surface area contributed by atoms with Crippen LogP contribution in [0, 0.1) is 0 Å². The summed E-state index contributed by atoms with van der Waals surface area (Å²) in [5.41, 5.74) is 8.00. The Morgan fingerprint density at radius 2 is 1.39 bits per heavy atom. The molecule has 0 amide bonds. The third-order valence-corrected chi connectivity index (χ3v) is 4.33. The van der Waals surface area contributed by atoms with Gasteiger partial charge in [0.15, 0.2) is 0 Å². The minimum absolute atomic E-state index is 0.770. The summed E-state index contributed by atoms with van der Waals surface area (Å²) in [7, 11) is 4.86. The van der Waals surface area contributed by atoms with Crippen LogP contribution in [0.25, 0.3) is 0 Å².